The SMILES string of the molecule is CCCC(C)Nc1nc2ccc(F)cn2n1. The number of hydrogen-bond acceptors (Lipinski definition) is 3. The molecule has 0 fully saturated rings. The topological polar surface area (TPSA) is 42.2 Å². The van der Waals surface area contributed by atoms with E-state index in [-0.39, 0.29) is 5.82 Å². The van der Waals surface area contributed by atoms with E-state index in [0.717, 1.165) is 12.8 Å². The predicted molar refractivity (Wildman–Crippen MR) is 60.9 cm³/mol. The molecular weight excluding hydrogens is 207 g/mol. The molecular formula is C11H15FN4. The third-order valence-electron chi connectivity index (χ3n) is 2.39. The van der Waals surface area contributed by atoms with Crippen LogP contribution in [-0.2, 0) is 0 Å². The van der Waals surface area contributed by atoms with Crippen LogP contribution in [-0.4, -0.2) is 20.6 Å². The van der Waals surface area contributed by atoms with Gasteiger partial charge in [0, 0.05) is 6.04 Å². The second kappa shape index (κ2) is 4.47. The molecule has 0 aliphatic carbocycles. The van der Waals surface area contributed by atoms with Gasteiger partial charge in [-0.15, -0.1) is 5.10 Å². The van der Waals surface area contributed by atoms with Crippen LogP contribution in [0.25, 0.3) is 5.65 Å². The zero-order valence-electron chi connectivity index (χ0n) is 9.44. The average Bonchev–Trinajstić information content (AvgIpc) is 2.59. The molecule has 0 aliphatic heterocycles. The zero-order valence-corrected chi connectivity index (χ0v) is 9.44. The highest BCUT2D eigenvalue weighted by atomic mass is 19.1. The fraction of sp³-hybridized carbons (Fsp3) is 0.455. The highest BCUT2D eigenvalue weighted by Crippen LogP contribution is 2.09. The molecule has 1 N–H and O–H groups in total. The average molecular weight is 222 g/mol. The van der Waals surface area contributed by atoms with Crippen molar-refractivity contribution < 1.29 is 4.39 Å². The Kier molecular flexibility index (Phi) is 3.03. The molecule has 2 aromatic rings. The third kappa shape index (κ3) is 2.29. The lowest BCUT2D eigenvalue weighted by atomic mass is 10.2. The van der Waals surface area contributed by atoms with E-state index in [1.807, 2.05) is 0 Å². The lowest BCUT2D eigenvalue weighted by molar-refractivity contribution is 0.614. The molecule has 0 bridgehead atoms. The quantitative estimate of drug-likeness (QED) is 0.864. The molecule has 4 nitrogen and oxygen atoms in total. The summed E-state index contributed by atoms with van der Waals surface area (Å²) >= 11 is 0. The van der Waals surface area contributed by atoms with Crippen molar-refractivity contribution in [3.63, 3.8) is 0 Å². The van der Waals surface area contributed by atoms with Gasteiger partial charge in [0.25, 0.3) is 0 Å². The molecule has 0 saturated heterocycles. The molecule has 86 valence electrons. The third-order valence-corrected chi connectivity index (χ3v) is 2.39. The Balaban J connectivity index is 2.19. The second-order valence-corrected chi connectivity index (χ2v) is 3.92. The van der Waals surface area contributed by atoms with Crippen LogP contribution < -0.4 is 5.32 Å². The summed E-state index contributed by atoms with van der Waals surface area (Å²) in [5.74, 6) is 0.233. The number of anilines is 1. The van der Waals surface area contributed by atoms with E-state index in [9.17, 15) is 4.39 Å². The highest BCUT2D eigenvalue weighted by Gasteiger charge is 2.06. The van der Waals surface area contributed by atoms with Gasteiger partial charge >= 0.3 is 0 Å². The van der Waals surface area contributed by atoms with Crippen molar-refractivity contribution in [3.05, 3.63) is 24.1 Å². The largest absolute Gasteiger partial charge is 0.350 e. The van der Waals surface area contributed by atoms with Crippen LogP contribution in [0.2, 0.25) is 0 Å². The van der Waals surface area contributed by atoms with Gasteiger partial charge in [0.15, 0.2) is 5.65 Å². The lowest BCUT2D eigenvalue weighted by Crippen LogP contribution is -2.15. The van der Waals surface area contributed by atoms with Gasteiger partial charge in [-0.1, -0.05) is 13.3 Å². The Bertz CT molecular complexity index is 480. The Morgan fingerprint density at radius 3 is 3.06 bits per heavy atom. The number of rotatable bonds is 4. The summed E-state index contributed by atoms with van der Waals surface area (Å²) < 4.78 is 14.4. The number of aromatic nitrogens is 3. The number of pyridine rings is 1. The summed E-state index contributed by atoms with van der Waals surface area (Å²) in [5.41, 5.74) is 0.646. The van der Waals surface area contributed by atoms with E-state index in [2.05, 4.69) is 29.2 Å². The van der Waals surface area contributed by atoms with Gasteiger partial charge in [0.05, 0.1) is 6.20 Å². The molecule has 2 heterocycles. The minimum atomic E-state index is -0.314. The smallest absolute Gasteiger partial charge is 0.243 e. The van der Waals surface area contributed by atoms with Crippen LogP contribution in [0.3, 0.4) is 0 Å². The van der Waals surface area contributed by atoms with E-state index in [4.69, 9.17) is 0 Å². The number of hydrogen-bond donors (Lipinski definition) is 1. The Morgan fingerprint density at radius 1 is 1.50 bits per heavy atom. The van der Waals surface area contributed by atoms with Crippen LogP contribution in [0.15, 0.2) is 18.3 Å². The lowest BCUT2D eigenvalue weighted by Gasteiger charge is -2.09. The van der Waals surface area contributed by atoms with Crippen molar-refractivity contribution in [1.82, 2.24) is 14.6 Å². The molecule has 2 rings (SSSR count). The molecule has 0 saturated carbocycles. The second-order valence-electron chi connectivity index (χ2n) is 3.92. The van der Waals surface area contributed by atoms with Crippen molar-refractivity contribution >= 4 is 11.6 Å². The van der Waals surface area contributed by atoms with Gasteiger partial charge < -0.3 is 5.32 Å². The first-order valence-corrected chi connectivity index (χ1v) is 5.47. The van der Waals surface area contributed by atoms with Crippen LogP contribution in [0.5, 0.6) is 0 Å². The molecule has 16 heavy (non-hydrogen) atoms. The number of nitrogens with zero attached hydrogens (tertiary/aromatic N) is 3. The first kappa shape index (κ1) is 10.9. The first-order valence-electron chi connectivity index (χ1n) is 5.47. The summed E-state index contributed by atoms with van der Waals surface area (Å²) in [6.45, 7) is 4.21. The van der Waals surface area contributed by atoms with Gasteiger partial charge in [-0.25, -0.2) is 8.91 Å². The van der Waals surface area contributed by atoms with E-state index in [1.165, 1.54) is 16.8 Å². The monoisotopic (exact) mass is 222 g/mol. The van der Waals surface area contributed by atoms with Gasteiger partial charge in [0.2, 0.25) is 5.95 Å². The molecule has 2 aromatic heterocycles. The van der Waals surface area contributed by atoms with Gasteiger partial charge in [-0.2, -0.15) is 4.98 Å². The molecule has 0 aromatic carbocycles. The molecule has 5 heteroatoms. The molecule has 0 amide bonds. The fourth-order valence-corrected chi connectivity index (χ4v) is 1.64. The van der Waals surface area contributed by atoms with Crippen molar-refractivity contribution in [1.29, 1.82) is 0 Å². The zero-order chi connectivity index (χ0) is 11.5. The normalized spacial score (nSPS) is 12.9. The van der Waals surface area contributed by atoms with Gasteiger partial charge in [0.1, 0.15) is 5.82 Å². The maximum absolute atomic E-state index is 12.9. The number of halogens is 1. The van der Waals surface area contributed by atoms with Gasteiger partial charge in [-0.3, -0.25) is 0 Å². The Hall–Kier alpha value is -1.65. The number of nitrogens with one attached hydrogen (secondary N) is 1. The highest BCUT2D eigenvalue weighted by molar-refractivity contribution is 5.43. The Labute approximate surface area is 93.5 Å². The van der Waals surface area contributed by atoms with Crippen LogP contribution in [0.4, 0.5) is 10.3 Å². The van der Waals surface area contributed by atoms with Crippen molar-refractivity contribution in [2.75, 3.05) is 5.32 Å². The summed E-state index contributed by atoms with van der Waals surface area (Å²) in [5, 5.41) is 7.34. The van der Waals surface area contributed by atoms with E-state index >= 15 is 0 Å². The maximum atomic E-state index is 12.9. The molecule has 0 spiro atoms. The van der Waals surface area contributed by atoms with Crippen molar-refractivity contribution in [2.24, 2.45) is 0 Å². The summed E-state index contributed by atoms with van der Waals surface area (Å²) in [6, 6.07) is 3.31. The fourth-order valence-electron chi connectivity index (χ4n) is 1.64. The van der Waals surface area contributed by atoms with Gasteiger partial charge in [-0.05, 0) is 25.5 Å². The van der Waals surface area contributed by atoms with Crippen molar-refractivity contribution in [2.45, 2.75) is 32.7 Å². The summed E-state index contributed by atoms with van der Waals surface area (Å²) in [6.07, 6.45) is 3.48. The molecule has 0 radical (unpaired) electrons. The van der Waals surface area contributed by atoms with Crippen LogP contribution in [0, 0.1) is 5.82 Å². The number of fused-ring (bicyclic) bond motifs is 1. The molecule has 1 atom stereocenters. The predicted octanol–water partition coefficient (Wildman–Crippen LogP) is 2.47. The van der Waals surface area contributed by atoms with Crippen LogP contribution in [0.1, 0.15) is 26.7 Å². The van der Waals surface area contributed by atoms with E-state index in [0.29, 0.717) is 17.6 Å². The maximum Gasteiger partial charge on any atom is 0.243 e. The van der Waals surface area contributed by atoms with Crippen LogP contribution >= 0.6 is 0 Å². The molecule has 1 unspecified atom stereocenters. The standard InChI is InChI=1S/C11H15FN4/c1-3-4-8(2)13-11-14-10-6-5-9(12)7-16(10)15-11/h5-8H,3-4H2,1-2H3,(H,13,15). The summed E-state index contributed by atoms with van der Waals surface area (Å²) in [4.78, 5) is 4.25. The summed E-state index contributed by atoms with van der Waals surface area (Å²) in [7, 11) is 0. The molecule has 0 aliphatic rings. The van der Waals surface area contributed by atoms with Crippen molar-refractivity contribution in [3.8, 4) is 0 Å². The first-order chi connectivity index (χ1) is 7.69. The van der Waals surface area contributed by atoms with E-state index < -0.39 is 0 Å². The Morgan fingerprint density at radius 2 is 2.31 bits per heavy atom. The minimum Gasteiger partial charge on any atom is -0.350 e. The minimum absolute atomic E-state index is 0.314. The van der Waals surface area contributed by atoms with E-state index in [1.54, 1.807) is 6.07 Å².